The normalized spacial score (nSPS) is 32.9. The molecule has 2 fully saturated rings. The second-order valence-corrected chi connectivity index (χ2v) is 56.4. The molecule has 0 bridgehead atoms. The van der Waals surface area contributed by atoms with E-state index in [1.54, 1.807) is 44.6 Å². The maximum Gasteiger partial charge on any atom is -1.00 e. The summed E-state index contributed by atoms with van der Waals surface area (Å²) in [6.45, 7) is 16.2. The van der Waals surface area contributed by atoms with Crippen molar-refractivity contribution >= 4 is 64.0 Å². The van der Waals surface area contributed by atoms with Crippen LogP contribution in [0, 0.1) is 0 Å². The summed E-state index contributed by atoms with van der Waals surface area (Å²) >= 11 is 21.6. The molecule has 5 spiro atoms. The maximum atomic E-state index is 6.70. The van der Waals surface area contributed by atoms with Gasteiger partial charge in [-0.1, -0.05) is 0 Å². The molecule has 2 saturated heterocycles. The number of rotatable bonds is 4. The molecule has 8 aliphatic carbocycles. The van der Waals surface area contributed by atoms with Gasteiger partial charge in [-0.3, -0.25) is 0 Å². The minimum absolute atomic E-state index is 0. The van der Waals surface area contributed by atoms with E-state index in [0.29, 0.717) is 0 Å². The van der Waals surface area contributed by atoms with Crippen LogP contribution in [0.15, 0.2) is 285 Å². The Morgan fingerprint density at radius 2 is 0.532 bits per heavy atom. The van der Waals surface area contributed by atoms with Crippen LogP contribution in [-0.2, 0) is 20.0 Å². The van der Waals surface area contributed by atoms with E-state index in [0.717, 1.165) is 20.1 Å². The summed E-state index contributed by atoms with van der Waals surface area (Å²) in [5.41, 5.74) is 24.1. The molecule has 9 heteroatoms. The Morgan fingerprint density at radius 1 is 0.329 bits per heavy atom. The van der Waals surface area contributed by atoms with Gasteiger partial charge in [0.2, 0.25) is 0 Å². The fraction of sp³-hybridized carbons (Fsp3) is 0.200. The van der Waals surface area contributed by atoms with Crippen LogP contribution in [0.25, 0.3) is 0 Å². The van der Waals surface area contributed by atoms with Crippen LogP contribution in [0.5, 0.6) is 0 Å². The van der Waals surface area contributed by atoms with Gasteiger partial charge in [0.15, 0.2) is 0 Å². The van der Waals surface area contributed by atoms with Gasteiger partial charge in [-0.15, -0.1) is 0 Å². The van der Waals surface area contributed by atoms with E-state index in [4.69, 9.17) is 46.4 Å². The molecule has 2 heterocycles. The van der Waals surface area contributed by atoms with Gasteiger partial charge in [-0.2, -0.15) is 0 Å². The molecule has 0 aromatic heterocycles. The number of hydrogen-bond acceptors (Lipinski definition) is 0. The Bertz CT molecular complexity index is 3330. The second-order valence-electron chi connectivity index (χ2n) is 23.3. The molecular formula is C70H60Cl6HfSi2. The van der Waals surface area contributed by atoms with Crippen molar-refractivity contribution in [1.82, 2.24) is 0 Å². The van der Waals surface area contributed by atoms with Crippen LogP contribution in [0.1, 0.15) is 73.6 Å². The Labute approximate surface area is 507 Å². The fourth-order valence-corrected chi connectivity index (χ4v) is 120. The van der Waals surface area contributed by atoms with E-state index in [1.807, 2.05) is 0 Å². The van der Waals surface area contributed by atoms with Crippen LogP contribution in [0.2, 0.25) is 44.4 Å². The predicted molar refractivity (Wildman–Crippen MR) is 330 cm³/mol. The average Bonchev–Trinajstić information content (AvgIpc) is 1.57. The molecular weight excluding hydrogens is 1290 g/mol. The Hall–Kier alpha value is -4.24. The van der Waals surface area contributed by atoms with Crippen molar-refractivity contribution in [2.45, 2.75) is 75.6 Å². The van der Waals surface area contributed by atoms with Crippen molar-refractivity contribution in [3.05, 3.63) is 328 Å². The zero-order chi connectivity index (χ0) is 53.0. The number of halogens is 6. The van der Waals surface area contributed by atoms with E-state index in [-0.39, 0.29) is 59.7 Å². The maximum absolute atomic E-state index is 6.70. The summed E-state index contributed by atoms with van der Waals surface area (Å²) in [7, 11) is -4.22. The van der Waals surface area contributed by atoms with Gasteiger partial charge in [-0.05, 0) is 0 Å². The molecule has 10 aliphatic rings. The number of benzene rings is 4. The van der Waals surface area contributed by atoms with E-state index in [9.17, 15) is 0 Å². The SMILES string of the molecule is CC1=CC2=C(C=CC=CC2c2ccc(Cl)cc2)[C]12[SiH](C)[C]1(C(C)=CC3=C1C=CC=CC3c1ccc(Cl)cc1)[Hf+2]21[C]2(C(C)=CC3=C2C=CC=CC3c2ccc(Cl)cc2)[SiH](C)[C@]12C(C)=CC1=C2C=CC=CC1c1ccc(Cl)cc1.[Cl-].[Cl-]. The predicted octanol–water partition coefficient (Wildman–Crippen LogP) is 14.0. The first-order valence-electron chi connectivity index (χ1n) is 27.5. The van der Waals surface area contributed by atoms with Crippen molar-refractivity contribution in [3.63, 3.8) is 0 Å². The van der Waals surface area contributed by atoms with Gasteiger partial charge >= 0.3 is 487 Å². The first-order chi connectivity index (χ1) is 37.3. The van der Waals surface area contributed by atoms with E-state index in [1.165, 1.54) is 44.5 Å². The smallest absolute Gasteiger partial charge is 1.00 e. The molecule has 9 atom stereocenters. The zero-order valence-corrected chi connectivity index (χ0v) is 55.5. The number of allylic oxidation sites excluding steroid dienone is 32. The molecule has 4 aromatic carbocycles. The van der Waals surface area contributed by atoms with Crippen LogP contribution in [0.3, 0.4) is 0 Å². The molecule has 2 aliphatic heterocycles. The van der Waals surface area contributed by atoms with Crippen LogP contribution < -0.4 is 24.8 Å². The van der Waals surface area contributed by atoms with Crippen molar-refractivity contribution in [3.8, 4) is 0 Å². The molecule has 4 aromatic rings. The fourth-order valence-electron chi connectivity index (χ4n) is 18.9. The molecule has 0 nitrogen and oxygen atoms in total. The minimum Gasteiger partial charge on any atom is -1.00 e. The topological polar surface area (TPSA) is 0 Å². The summed E-state index contributed by atoms with van der Waals surface area (Å²) in [6, 6.07) is 34.9. The number of fused-ring (bicyclic) bond motifs is 8. The number of hydrogen-bond donors (Lipinski definition) is 0. The quantitative estimate of drug-likeness (QED) is 0.179. The van der Waals surface area contributed by atoms with Crippen molar-refractivity contribution in [2.75, 3.05) is 0 Å². The third-order valence-electron chi connectivity index (χ3n) is 20.9. The Balaban J connectivity index is 0.00000312. The molecule has 14 rings (SSSR count). The molecule has 0 saturated carbocycles. The van der Waals surface area contributed by atoms with Gasteiger partial charge in [0.1, 0.15) is 0 Å². The molecule has 394 valence electrons. The largest absolute Gasteiger partial charge is 1.00 e. The first kappa shape index (κ1) is 55.3. The minimum atomic E-state index is -5.16. The van der Waals surface area contributed by atoms with E-state index < -0.39 is 37.6 Å². The van der Waals surface area contributed by atoms with Gasteiger partial charge in [0, 0.05) is 0 Å². The van der Waals surface area contributed by atoms with Gasteiger partial charge in [0.25, 0.3) is 0 Å². The third-order valence-corrected chi connectivity index (χ3v) is 89.5. The molecule has 0 N–H and O–H groups in total. The van der Waals surface area contributed by atoms with Crippen molar-refractivity contribution in [1.29, 1.82) is 0 Å². The summed E-state index contributed by atoms with van der Waals surface area (Å²) in [5, 5.41) is 3.07. The van der Waals surface area contributed by atoms with Crippen LogP contribution in [-0.4, -0.2) is 17.6 Å². The van der Waals surface area contributed by atoms with Gasteiger partial charge < -0.3 is 24.8 Å². The average molecular weight is 1350 g/mol. The second kappa shape index (κ2) is 20.0. The summed E-state index contributed by atoms with van der Waals surface area (Å²) in [4.78, 5) is 0. The molecule has 0 amide bonds. The Kier molecular flexibility index (Phi) is 14.0. The van der Waals surface area contributed by atoms with Crippen LogP contribution in [0.4, 0.5) is 0 Å². The van der Waals surface area contributed by atoms with Gasteiger partial charge in [0.05, 0.1) is 0 Å². The summed E-state index contributed by atoms with van der Waals surface area (Å²) in [5.74, 6) is 0.334. The molecule has 8 unspecified atom stereocenters. The van der Waals surface area contributed by atoms with Crippen LogP contribution >= 0.6 is 46.4 Å². The van der Waals surface area contributed by atoms with E-state index >= 15 is 0 Å². The standard InChI is InChI=1S/2C35H30Cl2Si.2ClH.Hf/c2*1-22-20-32-28(24-12-16-26(36)17-13-24)8-4-6-10-30(32)34(22)38(3)35-23(2)21-33-29(9-5-7-11-31(33)35)25-14-18-27(37)19-15-25;;;/h2*4-21,28-29,38H,1-3H3;2*1H;/q;;;;+2/p-2. The van der Waals surface area contributed by atoms with Crippen molar-refractivity contribution in [2.24, 2.45) is 0 Å². The third kappa shape index (κ3) is 6.83. The van der Waals surface area contributed by atoms with Crippen molar-refractivity contribution < 1.29 is 44.8 Å². The van der Waals surface area contributed by atoms with Gasteiger partial charge in [-0.25, -0.2) is 0 Å². The molecule has 0 radical (unpaired) electrons. The summed E-state index contributed by atoms with van der Waals surface area (Å²) in [6.07, 6.45) is 50.5. The monoisotopic (exact) mass is 1350 g/mol. The zero-order valence-electron chi connectivity index (χ0n) is 45.0. The first-order valence-corrected chi connectivity index (χ1v) is 40.8. The summed E-state index contributed by atoms with van der Waals surface area (Å²) < 4.78 is -0.454. The molecule has 79 heavy (non-hydrogen) atoms. The Morgan fingerprint density at radius 3 is 0.734 bits per heavy atom. The van der Waals surface area contributed by atoms with E-state index in [2.05, 4.69) is 259 Å².